The van der Waals surface area contributed by atoms with Crippen molar-refractivity contribution in [3.63, 3.8) is 0 Å². The van der Waals surface area contributed by atoms with E-state index in [1.807, 2.05) is 13.8 Å². The molecule has 1 rings (SSSR count). The molecule has 96 valence electrons. The van der Waals surface area contributed by atoms with E-state index in [2.05, 4.69) is 4.72 Å². The Bertz CT molecular complexity index is 315. The maximum atomic E-state index is 11.5. The van der Waals surface area contributed by atoms with Crippen LogP contribution in [0.2, 0.25) is 0 Å². The molecule has 1 aliphatic carbocycles. The van der Waals surface area contributed by atoms with Crippen molar-refractivity contribution in [1.29, 1.82) is 0 Å². The van der Waals surface area contributed by atoms with Crippen LogP contribution >= 0.6 is 0 Å². The highest BCUT2D eigenvalue weighted by atomic mass is 32.2. The first-order valence-electron chi connectivity index (χ1n) is 6.05. The van der Waals surface area contributed by atoms with Crippen molar-refractivity contribution >= 4 is 10.0 Å². The van der Waals surface area contributed by atoms with Crippen LogP contribution in [0.4, 0.5) is 0 Å². The molecule has 0 amide bonds. The highest BCUT2D eigenvalue weighted by Gasteiger charge is 2.35. The van der Waals surface area contributed by atoms with Crippen molar-refractivity contribution in [2.24, 2.45) is 5.41 Å². The normalized spacial score (nSPS) is 31.6. The van der Waals surface area contributed by atoms with Gasteiger partial charge in [0.25, 0.3) is 0 Å². The SMILES string of the molecule is CCCS(=O)(=O)NC[C@@]1(C)CCCC[C@H]1O. The van der Waals surface area contributed by atoms with Crippen LogP contribution in [0.1, 0.15) is 46.0 Å². The van der Waals surface area contributed by atoms with E-state index >= 15 is 0 Å². The third-order valence-corrected chi connectivity index (χ3v) is 4.98. The summed E-state index contributed by atoms with van der Waals surface area (Å²) in [5.74, 6) is 0.166. The van der Waals surface area contributed by atoms with Gasteiger partial charge in [-0.2, -0.15) is 0 Å². The van der Waals surface area contributed by atoms with E-state index in [-0.39, 0.29) is 17.3 Å². The Balaban J connectivity index is 2.53. The van der Waals surface area contributed by atoms with Crippen LogP contribution in [0, 0.1) is 5.41 Å². The van der Waals surface area contributed by atoms with Crippen LogP contribution in [0.5, 0.6) is 0 Å². The molecule has 0 aromatic heterocycles. The second kappa shape index (κ2) is 5.47. The largest absolute Gasteiger partial charge is 0.393 e. The molecule has 1 aliphatic rings. The van der Waals surface area contributed by atoms with Crippen LogP contribution in [0.15, 0.2) is 0 Å². The summed E-state index contributed by atoms with van der Waals surface area (Å²) in [7, 11) is -3.15. The number of sulfonamides is 1. The summed E-state index contributed by atoms with van der Waals surface area (Å²) in [6, 6.07) is 0. The first-order chi connectivity index (χ1) is 7.40. The summed E-state index contributed by atoms with van der Waals surface area (Å²) in [4.78, 5) is 0. The summed E-state index contributed by atoms with van der Waals surface area (Å²) < 4.78 is 25.7. The third-order valence-electron chi connectivity index (χ3n) is 3.45. The molecule has 1 saturated carbocycles. The molecule has 0 aromatic carbocycles. The van der Waals surface area contributed by atoms with Gasteiger partial charge in [-0.05, 0) is 19.3 Å². The highest BCUT2D eigenvalue weighted by Crippen LogP contribution is 2.35. The summed E-state index contributed by atoms with van der Waals surface area (Å²) in [5.41, 5.74) is -0.293. The van der Waals surface area contributed by atoms with Crippen molar-refractivity contribution < 1.29 is 13.5 Å². The summed E-state index contributed by atoms with van der Waals surface area (Å²) in [6.07, 6.45) is 4.02. The first kappa shape index (κ1) is 13.9. The Morgan fingerprint density at radius 2 is 2.12 bits per heavy atom. The van der Waals surface area contributed by atoms with E-state index in [1.165, 1.54) is 0 Å². The van der Waals surface area contributed by atoms with Crippen molar-refractivity contribution in [2.75, 3.05) is 12.3 Å². The fourth-order valence-electron chi connectivity index (χ4n) is 2.20. The van der Waals surface area contributed by atoms with Crippen molar-refractivity contribution in [3.8, 4) is 0 Å². The van der Waals surface area contributed by atoms with E-state index in [9.17, 15) is 13.5 Å². The zero-order chi connectivity index (χ0) is 12.2. The molecular formula is C11H23NO3S. The predicted molar refractivity (Wildman–Crippen MR) is 64.7 cm³/mol. The molecule has 0 bridgehead atoms. The molecule has 16 heavy (non-hydrogen) atoms. The van der Waals surface area contributed by atoms with E-state index in [0.717, 1.165) is 25.7 Å². The second-order valence-electron chi connectivity index (χ2n) is 5.06. The Kier molecular flexibility index (Phi) is 4.76. The van der Waals surface area contributed by atoms with Gasteiger partial charge in [0.1, 0.15) is 0 Å². The second-order valence-corrected chi connectivity index (χ2v) is 6.98. The van der Waals surface area contributed by atoms with Gasteiger partial charge >= 0.3 is 0 Å². The molecule has 2 atom stereocenters. The summed E-state index contributed by atoms with van der Waals surface area (Å²) >= 11 is 0. The van der Waals surface area contributed by atoms with E-state index < -0.39 is 10.0 Å². The minimum atomic E-state index is -3.15. The monoisotopic (exact) mass is 249 g/mol. The van der Waals surface area contributed by atoms with Gasteiger partial charge in [-0.25, -0.2) is 13.1 Å². The van der Waals surface area contributed by atoms with E-state index in [1.54, 1.807) is 0 Å². The number of hydrogen-bond acceptors (Lipinski definition) is 3. The first-order valence-corrected chi connectivity index (χ1v) is 7.70. The fourth-order valence-corrected chi connectivity index (χ4v) is 3.43. The van der Waals surface area contributed by atoms with Crippen LogP contribution in [-0.2, 0) is 10.0 Å². The number of aliphatic hydroxyl groups is 1. The van der Waals surface area contributed by atoms with Gasteiger partial charge < -0.3 is 5.11 Å². The summed E-state index contributed by atoms with van der Waals surface area (Å²) in [5, 5.41) is 9.92. The molecule has 4 nitrogen and oxygen atoms in total. The van der Waals surface area contributed by atoms with Gasteiger partial charge in [-0.3, -0.25) is 0 Å². The maximum absolute atomic E-state index is 11.5. The lowest BCUT2D eigenvalue weighted by molar-refractivity contribution is 0.00463. The van der Waals surface area contributed by atoms with E-state index in [4.69, 9.17) is 0 Å². The maximum Gasteiger partial charge on any atom is 0.211 e. The molecular weight excluding hydrogens is 226 g/mol. The molecule has 0 radical (unpaired) electrons. The molecule has 1 fully saturated rings. The molecule has 0 unspecified atom stereocenters. The Hall–Kier alpha value is -0.130. The minimum absolute atomic E-state index is 0.166. The molecule has 2 N–H and O–H groups in total. The van der Waals surface area contributed by atoms with Gasteiger partial charge in [-0.15, -0.1) is 0 Å². The average Bonchev–Trinajstić information content (AvgIpc) is 2.20. The zero-order valence-electron chi connectivity index (χ0n) is 10.2. The Labute approximate surface area is 98.5 Å². The lowest BCUT2D eigenvalue weighted by Gasteiger charge is -2.38. The lowest BCUT2D eigenvalue weighted by Crippen LogP contribution is -2.45. The lowest BCUT2D eigenvalue weighted by atomic mass is 9.73. The molecule has 0 aromatic rings. The predicted octanol–water partition coefficient (Wildman–Crippen LogP) is 1.26. The smallest absolute Gasteiger partial charge is 0.211 e. The van der Waals surface area contributed by atoms with Crippen LogP contribution < -0.4 is 4.72 Å². The van der Waals surface area contributed by atoms with Gasteiger partial charge in [0.05, 0.1) is 11.9 Å². The van der Waals surface area contributed by atoms with Gasteiger partial charge in [0.2, 0.25) is 10.0 Å². The van der Waals surface area contributed by atoms with Crippen LogP contribution in [0.25, 0.3) is 0 Å². The van der Waals surface area contributed by atoms with Gasteiger partial charge in [0, 0.05) is 12.0 Å². The summed E-state index contributed by atoms with van der Waals surface area (Å²) in [6.45, 7) is 4.16. The topological polar surface area (TPSA) is 66.4 Å². The van der Waals surface area contributed by atoms with E-state index in [0.29, 0.717) is 13.0 Å². The third kappa shape index (κ3) is 3.71. The minimum Gasteiger partial charge on any atom is -0.393 e. The number of nitrogens with one attached hydrogen (secondary N) is 1. The quantitative estimate of drug-likeness (QED) is 0.771. The van der Waals surface area contributed by atoms with Crippen LogP contribution in [-0.4, -0.2) is 31.9 Å². The van der Waals surface area contributed by atoms with Crippen molar-refractivity contribution in [3.05, 3.63) is 0 Å². The standard InChI is InChI=1S/C11H23NO3S/c1-3-8-16(14,15)12-9-11(2)7-5-4-6-10(11)13/h10,12-13H,3-9H2,1-2H3/t10-,11-/m1/s1. The van der Waals surface area contributed by atoms with Gasteiger partial charge in [0.15, 0.2) is 0 Å². The van der Waals surface area contributed by atoms with Crippen LogP contribution in [0.3, 0.4) is 0 Å². The number of aliphatic hydroxyl groups excluding tert-OH is 1. The molecule has 0 spiro atoms. The van der Waals surface area contributed by atoms with Crippen molar-refractivity contribution in [1.82, 2.24) is 4.72 Å². The highest BCUT2D eigenvalue weighted by molar-refractivity contribution is 7.89. The van der Waals surface area contributed by atoms with Gasteiger partial charge in [-0.1, -0.05) is 26.7 Å². The number of rotatable bonds is 5. The Morgan fingerprint density at radius 1 is 1.44 bits per heavy atom. The average molecular weight is 249 g/mol. The number of hydrogen-bond donors (Lipinski definition) is 2. The molecule has 0 aliphatic heterocycles. The zero-order valence-corrected chi connectivity index (χ0v) is 11.0. The molecule has 5 heteroatoms. The Morgan fingerprint density at radius 3 is 2.69 bits per heavy atom. The fraction of sp³-hybridized carbons (Fsp3) is 1.00. The molecule has 0 saturated heterocycles. The molecule has 0 heterocycles. The van der Waals surface area contributed by atoms with Crippen molar-refractivity contribution in [2.45, 2.75) is 52.1 Å².